The summed E-state index contributed by atoms with van der Waals surface area (Å²) in [7, 11) is 5.21. The highest BCUT2D eigenvalue weighted by Gasteiger charge is 2.12. The van der Waals surface area contributed by atoms with Gasteiger partial charge in [0.15, 0.2) is 0 Å². The zero-order chi connectivity index (χ0) is 8.85. The van der Waals surface area contributed by atoms with Crippen molar-refractivity contribution in [2.75, 3.05) is 27.7 Å². The van der Waals surface area contributed by atoms with E-state index in [1.54, 1.807) is 0 Å². The molecule has 0 saturated heterocycles. The molecule has 0 fully saturated rings. The van der Waals surface area contributed by atoms with E-state index in [4.69, 9.17) is 5.73 Å². The van der Waals surface area contributed by atoms with Gasteiger partial charge in [0, 0.05) is 0 Å². The molecule has 0 aromatic carbocycles. The summed E-state index contributed by atoms with van der Waals surface area (Å²) in [4.78, 5) is 12.7. The molecule has 0 bridgehead atoms. The molecule has 1 atom stereocenters. The van der Waals surface area contributed by atoms with Gasteiger partial charge in [-0.1, -0.05) is 0 Å². The third kappa shape index (κ3) is 4.75. The number of carbonyl (C=O) groups is 1. The molecule has 4 heteroatoms. The third-order valence-corrected chi connectivity index (χ3v) is 1.39. The van der Waals surface area contributed by atoms with Gasteiger partial charge in [0.25, 0.3) is 0 Å². The molecule has 0 heterocycles. The maximum atomic E-state index is 10.8. The standard InChI is InChI=1S/C7H16N2O2/c1-9(2)5-4-6(8)7(10)11-3/h6H,4-5,8H2,1-3H3. The van der Waals surface area contributed by atoms with E-state index in [0.29, 0.717) is 6.42 Å². The van der Waals surface area contributed by atoms with Crippen LogP contribution in [0.2, 0.25) is 0 Å². The monoisotopic (exact) mass is 160 g/mol. The maximum absolute atomic E-state index is 10.8. The molecule has 0 radical (unpaired) electrons. The Kier molecular flexibility index (Phi) is 4.81. The fourth-order valence-electron chi connectivity index (χ4n) is 0.667. The van der Waals surface area contributed by atoms with E-state index in [0.717, 1.165) is 6.54 Å². The van der Waals surface area contributed by atoms with Crippen molar-refractivity contribution in [3.05, 3.63) is 0 Å². The number of nitrogens with two attached hydrogens (primary N) is 1. The van der Waals surface area contributed by atoms with Crippen molar-refractivity contribution in [1.29, 1.82) is 0 Å². The van der Waals surface area contributed by atoms with E-state index in [-0.39, 0.29) is 5.97 Å². The quantitative estimate of drug-likeness (QED) is 0.560. The van der Waals surface area contributed by atoms with Gasteiger partial charge in [0.2, 0.25) is 0 Å². The molecule has 0 rings (SSSR count). The van der Waals surface area contributed by atoms with Crippen LogP contribution in [0.4, 0.5) is 0 Å². The minimum absolute atomic E-state index is 0.341. The Morgan fingerprint density at radius 1 is 1.64 bits per heavy atom. The number of esters is 1. The summed E-state index contributed by atoms with van der Waals surface area (Å²) < 4.78 is 4.46. The van der Waals surface area contributed by atoms with Crippen LogP contribution in [-0.4, -0.2) is 44.7 Å². The van der Waals surface area contributed by atoms with Crippen LogP contribution in [0.15, 0.2) is 0 Å². The van der Waals surface area contributed by atoms with Gasteiger partial charge in [-0.3, -0.25) is 4.79 Å². The zero-order valence-corrected chi connectivity index (χ0v) is 7.33. The average molecular weight is 160 g/mol. The SMILES string of the molecule is COC(=O)C(N)CCN(C)C. The summed E-state index contributed by atoms with van der Waals surface area (Å²) in [6.07, 6.45) is 0.639. The minimum atomic E-state index is -0.484. The van der Waals surface area contributed by atoms with Crippen molar-refractivity contribution in [2.24, 2.45) is 5.73 Å². The molecule has 0 aliphatic carbocycles. The predicted molar refractivity (Wildman–Crippen MR) is 43.2 cm³/mol. The van der Waals surface area contributed by atoms with Gasteiger partial charge in [0.1, 0.15) is 6.04 Å². The molecule has 66 valence electrons. The summed E-state index contributed by atoms with van der Waals surface area (Å²) in [6, 6.07) is -0.484. The number of hydrogen-bond donors (Lipinski definition) is 1. The van der Waals surface area contributed by atoms with Crippen LogP contribution in [0.25, 0.3) is 0 Å². The minimum Gasteiger partial charge on any atom is -0.468 e. The molecule has 11 heavy (non-hydrogen) atoms. The normalized spacial score (nSPS) is 13.2. The number of methoxy groups -OCH3 is 1. The summed E-state index contributed by atoms with van der Waals surface area (Å²) in [5.41, 5.74) is 5.47. The highest BCUT2D eigenvalue weighted by molar-refractivity contribution is 5.75. The van der Waals surface area contributed by atoms with Crippen LogP contribution < -0.4 is 5.73 Å². The topological polar surface area (TPSA) is 55.6 Å². The molecular weight excluding hydrogens is 144 g/mol. The van der Waals surface area contributed by atoms with Crippen molar-refractivity contribution in [3.63, 3.8) is 0 Å². The second-order valence-corrected chi connectivity index (χ2v) is 2.72. The van der Waals surface area contributed by atoms with Crippen LogP contribution in [0.1, 0.15) is 6.42 Å². The highest BCUT2D eigenvalue weighted by Crippen LogP contribution is 1.91. The van der Waals surface area contributed by atoms with Crippen molar-refractivity contribution < 1.29 is 9.53 Å². The summed E-state index contributed by atoms with van der Waals surface area (Å²) in [6.45, 7) is 0.802. The summed E-state index contributed by atoms with van der Waals surface area (Å²) in [5, 5.41) is 0. The second kappa shape index (κ2) is 5.09. The van der Waals surface area contributed by atoms with Gasteiger partial charge in [-0.15, -0.1) is 0 Å². The summed E-state index contributed by atoms with van der Waals surface area (Å²) >= 11 is 0. The largest absolute Gasteiger partial charge is 0.468 e. The molecule has 1 unspecified atom stereocenters. The van der Waals surface area contributed by atoms with Crippen molar-refractivity contribution >= 4 is 5.97 Å². The number of hydrogen-bond acceptors (Lipinski definition) is 4. The fraction of sp³-hybridized carbons (Fsp3) is 0.857. The number of nitrogens with zero attached hydrogens (tertiary/aromatic N) is 1. The fourth-order valence-corrected chi connectivity index (χ4v) is 0.667. The number of carbonyl (C=O) groups excluding carboxylic acids is 1. The number of rotatable bonds is 4. The molecule has 0 aromatic rings. The van der Waals surface area contributed by atoms with Gasteiger partial charge in [-0.05, 0) is 27.1 Å². The molecule has 0 amide bonds. The molecule has 0 aromatic heterocycles. The van der Waals surface area contributed by atoms with Crippen molar-refractivity contribution in [3.8, 4) is 0 Å². The lowest BCUT2D eigenvalue weighted by atomic mass is 10.2. The molecule has 0 aliphatic heterocycles. The first-order valence-corrected chi connectivity index (χ1v) is 3.56. The molecule has 4 nitrogen and oxygen atoms in total. The molecule has 2 N–H and O–H groups in total. The Morgan fingerprint density at radius 3 is 2.55 bits per heavy atom. The molecule has 0 saturated carbocycles. The van der Waals surface area contributed by atoms with E-state index in [1.165, 1.54) is 7.11 Å². The van der Waals surface area contributed by atoms with Gasteiger partial charge < -0.3 is 15.4 Å². The molecule has 0 spiro atoms. The highest BCUT2D eigenvalue weighted by atomic mass is 16.5. The maximum Gasteiger partial charge on any atom is 0.322 e. The van der Waals surface area contributed by atoms with Crippen molar-refractivity contribution in [2.45, 2.75) is 12.5 Å². The average Bonchev–Trinajstić information content (AvgIpc) is 1.98. The Morgan fingerprint density at radius 2 is 2.18 bits per heavy atom. The first-order valence-electron chi connectivity index (χ1n) is 3.56. The summed E-state index contributed by atoms with van der Waals surface area (Å²) in [5.74, 6) is -0.341. The molecular formula is C7H16N2O2. The van der Waals surface area contributed by atoms with E-state index < -0.39 is 6.04 Å². The molecule has 0 aliphatic rings. The first kappa shape index (κ1) is 10.4. The zero-order valence-electron chi connectivity index (χ0n) is 7.33. The van der Waals surface area contributed by atoms with E-state index in [9.17, 15) is 4.79 Å². The van der Waals surface area contributed by atoms with Crippen LogP contribution >= 0.6 is 0 Å². The lowest BCUT2D eigenvalue weighted by Crippen LogP contribution is -2.34. The van der Waals surface area contributed by atoms with Gasteiger partial charge in [0.05, 0.1) is 7.11 Å². The predicted octanol–water partition coefficient (Wildman–Crippen LogP) is -0.562. The second-order valence-electron chi connectivity index (χ2n) is 2.72. The van der Waals surface area contributed by atoms with Crippen LogP contribution in [0.3, 0.4) is 0 Å². The lowest BCUT2D eigenvalue weighted by molar-refractivity contribution is -0.142. The van der Waals surface area contributed by atoms with Crippen molar-refractivity contribution in [1.82, 2.24) is 4.90 Å². The Balaban J connectivity index is 3.52. The van der Waals surface area contributed by atoms with Gasteiger partial charge >= 0.3 is 5.97 Å². The van der Waals surface area contributed by atoms with E-state index in [1.807, 2.05) is 19.0 Å². The lowest BCUT2D eigenvalue weighted by Gasteiger charge is -2.12. The number of ether oxygens (including phenoxy) is 1. The Bertz CT molecular complexity index is 126. The van der Waals surface area contributed by atoms with Crippen LogP contribution in [-0.2, 0) is 9.53 Å². The van der Waals surface area contributed by atoms with Crippen LogP contribution in [0, 0.1) is 0 Å². The van der Waals surface area contributed by atoms with Gasteiger partial charge in [-0.2, -0.15) is 0 Å². The third-order valence-electron chi connectivity index (χ3n) is 1.39. The van der Waals surface area contributed by atoms with E-state index >= 15 is 0 Å². The van der Waals surface area contributed by atoms with Crippen LogP contribution in [0.5, 0.6) is 0 Å². The first-order chi connectivity index (χ1) is 5.07. The van der Waals surface area contributed by atoms with E-state index in [2.05, 4.69) is 4.74 Å². The Hall–Kier alpha value is -0.610. The smallest absolute Gasteiger partial charge is 0.322 e. The Labute approximate surface area is 67.3 Å². The van der Waals surface area contributed by atoms with Gasteiger partial charge in [-0.25, -0.2) is 0 Å².